The smallest absolute Gasteiger partial charge is 0.228 e. The summed E-state index contributed by atoms with van der Waals surface area (Å²) in [4.78, 5) is 21.1. The minimum atomic E-state index is -0.156. The fourth-order valence-electron chi connectivity index (χ4n) is 2.57. The summed E-state index contributed by atoms with van der Waals surface area (Å²) in [6, 6.07) is 18.7. The summed E-state index contributed by atoms with van der Waals surface area (Å²) in [5.41, 5.74) is 3.15. The number of hydrogen-bond donors (Lipinski definition) is 0. The van der Waals surface area contributed by atoms with Gasteiger partial charge in [0.15, 0.2) is 5.76 Å². The lowest BCUT2D eigenvalue weighted by atomic mass is 10.0. The number of carbonyl (C=O) groups excluding carboxylic acids is 1. The molecule has 0 amide bonds. The molecule has 0 bridgehead atoms. The Balaban J connectivity index is 1.84. The van der Waals surface area contributed by atoms with E-state index < -0.39 is 0 Å². The average molecular weight is 300 g/mol. The predicted octanol–water partition coefficient (Wildman–Crippen LogP) is 4.12. The Morgan fingerprint density at radius 1 is 0.913 bits per heavy atom. The third-order valence-corrected chi connectivity index (χ3v) is 3.69. The molecule has 4 rings (SSSR count). The van der Waals surface area contributed by atoms with Crippen LogP contribution in [0.1, 0.15) is 16.1 Å². The Bertz CT molecular complexity index is 977. The predicted molar refractivity (Wildman–Crippen MR) is 87.1 cm³/mol. The van der Waals surface area contributed by atoms with Crippen molar-refractivity contribution in [3.63, 3.8) is 0 Å². The molecule has 4 nitrogen and oxygen atoms in total. The second-order valence-electron chi connectivity index (χ2n) is 5.13. The molecule has 110 valence electrons. The topological polar surface area (TPSA) is 56.0 Å². The van der Waals surface area contributed by atoms with Crippen LogP contribution in [0, 0.1) is 0 Å². The quantitative estimate of drug-likeness (QED) is 0.534. The van der Waals surface area contributed by atoms with Crippen molar-refractivity contribution in [1.82, 2.24) is 9.97 Å². The van der Waals surface area contributed by atoms with Gasteiger partial charge in [-0.2, -0.15) is 0 Å². The maximum Gasteiger partial charge on any atom is 0.228 e. The molecule has 2 heterocycles. The SMILES string of the molecule is O=C(c1ccc2c(-c3ccccc3)ncnc2c1)c1ccco1. The Morgan fingerprint density at radius 2 is 1.78 bits per heavy atom. The standard InChI is InChI=1S/C19H12N2O2/c22-19(17-7-4-10-23-17)14-8-9-15-16(11-14)20-12-21-18(15)13-5-2-1-3-6-13/h1-12H. The van der Waals surface area contributed by atoms with E-state index in [2.05, 4.69) is 9.97 Å². The van der Waals surface area contributed by atoms with Gasteiger partial charge in [-0.3, -0.25) is 4.79 Å². The molecular formula is C19H12N2O2. The number of ketones is 1. The van der Waals surface area contributed by atoms with Crippen LogP contribution in [0.3, 0.4) is 0 Å². The summed E-state index contributed by atoms with van der Waals surface area (Å²) in [5, 5.41) is 0.912. The Labute approximate surface area is 132 Å². The number of fused-ring (bicyclic) bond motifs is 1. The number of nitrogens with zero attached hydrogens (tertiary/aromatic N) is 2. The van der Waals surface area contributed by atoms with Gasteiger partial charge >= 0.3 is 0 Å². The summed E-state index contributed by atoms with van der Waals surface area (Å²) in [6.45, 7) is 0. The molecule has 0 unspecified atom stereocenters. The highest BCUT2D eigenvalue weighted by Crippen LogP contribution is 2.26. The highest BCUT2D eigenvalue weighted by Gasteiger charge is 2.14. The van der Waals surface area contributed by atoms with Crippen LogP contribution < -0.4 is 0 Å². The summed E-state index contributed by atoms with van der Waals surface area (Å²) in [6.07, 6.45) is 3.01. The highest BCUT2D eigenvalue weighted by atomic mass is 16.3. The lowest BCUT2D eigenvalue weighted by molar-refractivity contribution is 0.101. The van der Waals surface area contributed by atoms with Crippen LogP contribution in [-0.4, -0.2) is 15.8 Å². The Kier molecular flexibility index (Phi) is 3.20. The summed E-state index contributed by atoms with van der Waals surface area (Å²) in [7, 11) is 0. The fraction of sp³-hybridized carbons (Fsp3) is 0. The maximum absolute atomic E-state index is 12.4. The lowest BCUT2D eigenvalue weighted by Crippen LogP contribution is -2.00. The monoisotopic (exact) mass is 300 g/mol. The first-order valence-electron chi connectivity index (χ1n) is 7.21. The van der Waals surface area contributed by atoms with E-state index in [1.807, 2.05) is 36.4 Å². The average Bonchev–Trinajstić information content (AvgIpc) is 3.15. The largest absolute Gasteiger partial charge is 0.461 e. The zero-order valence-corrected chi connectivity index (χ0v) is 12.1. The van der Waals surface area contributed by atoms with Crippen LogP contribution in [0.25, 0.3) is 22.2 Å². The Morgan fingerprint density at radius 3 is 2.57 bits per heavy atom. The van der Waals surface area contributed by atoms with E-state index in [-0.39, 0.29) is 5.78 Å². The van der Waals surface area contributed by atoms with Crippen molar-refractivity contribution >= 4 is 16.7 Å². The summed E-state index contributed by atoms with van der Waals surface area (Å²) < 4.78 is 5.17. The number of carbonyl (C=O) groups is 1. The minimum Gasteiger partial charge on any atom is -0.461 e. The van der Waals surface area contributed by atoms with Crippen molar-refractivity contribution in [3.05, 3.63) is 84.6 Å². The van der Waals surface area contributed by atoms with E-state index in [0.29, 0.717) is 11.3 Å². The maximum atomic E-state index is 12.4. The molecule has 2 aromatic carbocycles. The van der Waals surface area contributed by atoms with Crippen LogP contribution in [0.5, 0.6) is 0 Å². The molecule has 0 spiro atoms. The number of benzene rings is 2. The molecule has 0 radical (unpaired) electrons. The van der Waals surface area contributed by atoms with Crippen molar-refractivity contribution in [2.24, 2.45) is 0 Å². The minimum absolute atomic E-state index is 0.156. The zero-order valence-electron chi connectivity index (χ0n) is 12.1. The first-order valence-corrected chi connectivity index (χ1v) is 7.21. The van der Waals surface area contributed by atoms with E-state index >= 15 is 0 Å². The molecule has 0 aliphatic heterocycles. The Hall–Kier alpha value is -3.27. The first kappa shape index (κ1) is 13.4. The van der Waals surface area contributed by atoms with Crippen LogP contribution in [0.15, 0.2) is 77.7 Å². The normalized spacial score (nSPS) is 10.8. The number of furan rings is 1. The molecule has 4 aromatic rings. The van der Waals surface area contributed by atoms with Gasteiger partial charge in [0.25, 0.3) is 0 Å². The van der Waals surface area contributed by atoms with Gasteiger partial charge in [0.1, 0.15) is 6.33 Å². The van der Waals surface area contributed by atoms with Gasteiger partial charge < -0.3 is 4.42 Å². The van der Waals surface area contributed by atoms with Crippen molar-refractivity contribution in [2.75, 3.05) is 0 Å². The molecule has 0 saturated carbocycles. The van der Waals surface area contributed by atoms with Crippen molar-refractivity contribution < 1.29 is 9.21 Å². The molecule has 2 aromatic heterocycles. The van der Waals surface area contributed by atoms with Gasteiger partial charge in [-0.05, 0) is 24.3 Å². The van der Waals surface area contributed by atoms with E-state index in [0.717, 1.165) is 22.2 Å². The third kappa shape index (κ3) is 2.40. The molecule has 0 N–H and O–H groups in total. The van der Waals surface area contributed by atoms with E-state index in [1.54, 1.807) is 24.3 Å². The molecule has 23 heavy (non-hydrogen) atoms. The fourth-order valence-corrected chi connectivity index (χ4v) is 2.57. The molecule has 0 saturated heterocycles. The van der Waals surface area contributed by atoms with Crippen molar-refractivity contribution in [2.45, 2.75) is 0 Å². The first-order chi connectivity index (χ1) is 11.3. The molecular weight excluding hydrogens is 288 g/mol. The van der Waals surface area contributed by atoms with Gasteiger partial charge in [-0.25, -0.2) is 9.97 Å². The molecule has 4 heteroatoms. The van der Waals surface area contributed by atoms with Crippen molar-refractivity contribution in [3.8, 4) is 11.3 Å². The van der Waals surface area contributed by atoms with E-state index in [1.165, 1.54) is 12.6 Å². The molecule has 0 aliphatic carbocycles. The second kappa shape index (κ2) is 5.50. The van der Waals surface area contributed by atoms with Crippen LogP contribution >= 0.6 is 0 Å². The number of rotatable bonds is 3. The molecule has 0 fully saturated rings. The van der Waals surface area contributed by atoms with Crippen molar-refractivity contribution in [1.29, 1.82) is 0 Å². The summed E-state index contributed by atoms with van der Waals surface area (Å²) >= 11 is 0. The summed E-state index contributed by atoms with van der Waals surface area (Å²) in [5.74, 6) is 0.165. The lowest BCUT2D eigenvalue weighted by Gasteiger charge is -2.06. The van der Waals surface area contributed by atoms with E-state index in [9.17, 15) is 4.79 Å². The number of aromatic nitrogens is 2. The van der Waals surface area contributed by atoms with Crippen LogP contribution in [-0.2, 0) is 0 Å². The zero-order chi connectivity index (χ0) is 15.6. The van der Waals surface area contributed by atoms with Gasteiger partial charge in [0.2, 0.25) is 5.78 Å². The molecule has 0 atom stereocenters. The van der Waals surface area contributed by atoms with Gasteiger partial charge in [0, 0.05) is 16.5 Å². The third-order valence-electron chi connectivity index (χ3n) is 3.69. The second-order valence-corrected chi connectivity index (χ2v) is 5.13. The van der Waals surface area contributed by atoms with Gasteiger partial charge in [-0.1, -0.05) is 36.4 Å². The molecule has 0 aliphatic rings. The van der Waals surface area contributed by atoms with Gasteiger partial charge in [0.05, 0.1) is 17.5 Å². The van der Waals surface area contributed by atoms with Gasteiger partial charge in [-0.15, -0.1) is 0 Å². The highest BCUT2D eigenvalue weighted by molar-refractivity contribution is 6.09. The number of hydrogen-bond acceptors (Lipinski definition) is 4. The van der Waals surface area contributed by atoms with E-state index in [4.69, 9.17) is 4.42 Å². The van der Waals surface area contributed by atoms with Crippen LogP contribution in [0.4, 0.5) is 0 Å². The van der Waals surface area contributed by atoms with Crippen LogP contribution in [0.2, 0.25) is 0 Å².